The summed E-state index contributed by atoms with van der Waals surface area (Å²) in [5, 5.41) is 5.58. The Morgan fingerprint density at radius 1 is 0.906 bits per heavy atom. The summed E-state index contributed by atoms with van der Waals surface area (Å²) < 4.78 is 0. The van der Waals surface area contributed by atoms with E-state index < -0.39 is 11.8 Å². The number of piperazine rings is 1. The molecule has 3 rings (SSSR count). The van der Waals surface area contributed by atoms with E-state index in [9.17, 15) is 9.59 Å². The van der Waals surface area contributed by atoms with Gasteiger partial charge in [0, 0.05) is 59.1 Å². The molecule has 0 aliphatic carbocycles. The maximum Gasteiger partial charge on any atom is 0.309 e. The standard InChI is InChI=1S/C25H35N5O2/c1-28(2)22-11-9-21(10-12-22)23(30-17-15-29(3)16-18-30)19-27-25(32)24(31)26-14-13-20-7-5-4-6-8-20/h4-12,23H,13-19H2,1-3H3,(H,26,31)(H,27,32). The van der Waals surface area contributed by atoms with Crippen LogP contribution in [0, 0.1) is 0 Å². The summed E-state index contributed by atoms with van der Waals surface area (Å²) in [4.78, 5) is 31.5. The van der Waals surface area contributed by atoms with E-state index in [4.69, 9.17) is 0 Å². The number of nitrogens with zero attached hydrogens (tertiary/aromatic N) is 3. The van der Waals surface area contributed by atoms with Gasteiger partial charge >= 0.3 is 11.8 Å². The van der Waals surface area contributed by atoms with Crippen molar-refractivity contribution < 1.29 is 9.59 Å². The maximum atomic E-state index is 12.4. The maximum absolute atomic E-state index is 12.4. The molecule has 2 aromatic rings. The smallest absolute Gasteiger partial charge is 0.309 e. The van der Waals surface area contributed by atoms with Gasteiger partial charge in [-0.15, -0.1) is 0 Å². The van der Waals surface area contributed by atoms with Crippen LogP contribution in [-0.4, -0.2) is 82.0 Å². The van der Waals surface area contributed by atoms with E-state index in [1.165, 1.54) is 0 Å². The van der Waals surface area contributed by atoms with Gasteiger partial charge in [-0.2, -0.15) is 0 Å². The highest BCUT2D eigenvalue weighted by Crippen LogP contribution is 2.24. The van der Waals surface area contributed by atoms with Crippen LogP contribution in [0.25, 0.3) is 0 Å². The Morgan fingerprint density at radius 2 is 1.53 bits per heavy atom. The van der Waals surface area contributed by atoms with Gasteiger partial charge in [0.15, 0.2) is 0 Å². The van der Waals surface area contributed by atoms with Gasteiger partial charge in [0.05, 0.1) is 6.04 Å². The number of likely N-dealkylation sites (N-methyl/N-ethyl adjacent to an activating group) is 1. The zero-order chi connectivity index (χ0) is 22.9. The van der Waals surface area contributed by atoms with Crippen LogP contribution in [0.15, 0.2) is 54.6 Å². The normalized spacial score (nSPS) is 15.7. The third-order valence-electron chi connectivity index (χ3n) is 5.98. The molecule has 1 fully saturated rings. The molecule has 2 N–H and O–H groups in total. The zero-order valence-corrected chi connectivity index (χ0v) is 19.4. The first kappa shape index (κ1) is 23.8. The number of hydrogen-bond acceptors (Lipinski definition) is 5. The van der Waals surface area contributed by atoms with E-state index in [2.05, 4.69) is 56.6 Å². The molecule has 2 aromatic carbocycles. The van der Waals surface area contributed by atoms with Crippen LogP contribution in [-0.2, 0) is 16.0 Å². The Hall–Kier alpha value is -2.90. The van der Waals surface area contributed by atoms with Crippen LogP contribution < -0.4 is 15.5 Å². The Kier molecular flexibility index (Phi) is 8.64. The second-order valence-corrected chi connectivity index (χ2v) is 8.54. The van der Waals surface area contributed by atoms with Gasteiger partial charge < -0.3 is 20.4 Å². The van der Waals surface area contributed by atoms with Crippen molar-refractivity contribution in [2.45, 2.75) is 12.5 Å². The minimum atomic E-state index is -0.582. The predicted molar refractivity (Wildman–Crippen MR) is 129 cm³/mol. The van der Waals surface area contributed by atoms with E-state index in [1.54, 1.807) is 0 Å². The van der Waals surface area contributed by atoms with Crippen molar-refractivity contribution in [3.8, 4) is 0 Å². The van der Waals surface area contributed by atoms with Crippen LogP contribution in [0.1, 0.15) is 17.2 Å². The van der Waals surface area contributed by atoms with Crippen LogP contribution in [0.3, 0.4) is 0 Å². The topological polar surface area (TPSA) is 67.9 Å². The molecular weight excluding hydrogens is 402 g/mol. The molecular formula is C25H35N5O2. The highest BCUT2D eigenvalue weighted by atomic mass is 16.2. The number of benzene rings is 2. The second-order valence-electron chi connectivity index (χ2n) is 8.54. The predicted octanol–water partition coefficient (Wildman–Crippen LogP) is 1.52. The van der Waals surface area contributed by atoms with Crippen molar-refractivity contribution >= 4 is 17.5 Å². The van der Waals surface area contributed by atoms with Crippen LogP contribution in [0.5, 0.6) is 0 Å². The number of anilines is 1. The van der Waals surface area contributed by atoms with E-state index in [0.29, 0.717) is 19.5 Å². The van der Waals surface area contributed by atoms with Crippen molar-refractivity contribution in [1.82, 2.24) is 20.4 Å². The van der Waals surface area contributed by atoms with Crippen molar-refractivity contribution in [2.24, 2.45) is 0 Å². The van der Waals surface area contributed by atoms with Gasteiger partial charge in [-0.1, -0.05) is 42.5 Å². The van der Waals surface area contributed by atoms with E-state index in [1.807, 2.05) is 44.4 Å². The van der Waals surface area contributed by atoms with Gasteiger partial charge in [0.1, 0.15) is 0 Å². The molecule has 1 heterocycles. The number of rotatable bonds is 8. The Bertz CT molecular complexity index is 862. The van der Waals surface area contributed by atoms with Gasteiger partial charge in [0.25, 0.3) is 0 Å². The summed E-state index contributed by atoms with van der Waals surface area (Å²) in [6, 6.07) is 18.4. The monoisotopic (exact) mass is 437 g/mol. The van der Waals surface area contributed by atoms with Crippen molar-refractivity contribution in [2.75, 3.05) is 65.3 Å². The first-order chi connectivity index (χ1) is 15.4. The molecule has 0 spiro atoms. The number of carbonyl (C=O) groups excluding carboxylic acids is 2. The third-order valence-corrected chi connectivity index (χ3v) is 5.98. The van der Waals surface area contributed by atoms with E-state index in [-0.39, 0.29) is 6.04 Å². The molecule has 1 saturated heterocycles. The van der Waals surface area contributed by atoms with E-state index in [0.717, 1.165) is 43.0 Å². The van der Waals surface area contributed by atoms with Gasteiger partial charge in [-0.05, 0) is 36.7 Å². The SMILES string of the molecule is CN1CCN(C(CNC(=O)C(=O)NCCc2ccccc2)c2ccc(N(C)C)cc2)CC1. The lowest BCUT2D eigenvalue weighted by Crippen LogP contribution is -2.49. The molecule has 1 atom stereocenters. The molecule has 2 amide bonds. The lowest BCUT2D eigenvalue weighted by molar-refractivity contribution is -0.139. The molecule has 0 saturated carbocycles. The molecule has 7 nitrogen and oxygen atoms in total. The minimum absolute atomic E-state index is 0.0287. The highest BCUT2D eigenvalue weighted by molar-refractivity contribution is 6.35. The van der Waals surface area contributed by atoms with Gasteiger partial charge in [-0.25, -0.2) is 0 Å². The van der Waals surface area contributed by atoms with Crippen LogP contribution >= 0.6 is 0 Å². The number of amides is 2. The lowest BCUT2D eigenvalue weighted by Gasteiger charge is -2.38. The first-order valence-corrected chi connectivity index (χ1v) is 11.2. The largest absolute Gasteiger partial charge is 0.378 e. The van der Waals surface area contributed by atoms with Crippen molar-refractivity contribution in [3.05, 3.63) is 65.7 Å². The first-order valence-electron chi connectivity index (χ1n) is 11.2. The minimum Gasteiger partial charge on any atom is -0.378 e. The number of nitrogens with one attached hydrogen (secondary N) is 2. The fourth-order valence-corrected chi connectivity index (χ4v) is 3.90. The summed E-state index contributed by atoms with van der Waals surface area (Å²) >= 11 is 0. The number of carbonyl (C=O) groups is 2. The summed E-state index contributed by atoms with van der Waals surface area (Å²) in [7, 11) is 6.16. The fraction of sp³-hybridized carbons (Fsp3) is 0.440. The van der Waals surface area contributed by atoms with Crippen molar-refractivity contribution in [1.29, 1.82) is 0 Å². The molecule has 0 radical (unpaired) electrons. The Morgan fingerprint density at radius 3 is 2.16 bits per heavy atom. The molecule has 1 unspecified atom stereocenters. The molecule has 1 aliphatic rings. The van der Waals surface area contributed by atoms with Gasteiger partial charge in [0.2, 0.25) is 0 Å². The molecule has 0 bridgehead atoms. The van der Waals surface area contributed by atoms with Crippen LogP contribution in [0.4, 0.5) is 5.69 Å². The molecule has 7 heteroatoms. The summed E-state index contributed by atoms with van der Waals surface area (Å²) in [5.74, 6) is -1.16. The summed E-state index contributed by atoms with van der Waals surface area (Å²) in [5.41, 5.74) is 3.40. The Balaban J connectivity index is 1.57. The average Bonchev–Trinajstić information content (AvgIpc) is 2.81. The second kappa shape index (κ2) is 11.6. The fourth-order valence-electron chi connectivity index (χ4n) is 3.90. The lowest BCUT2D eigenvalue weighted by atomic mass is 10.0. The average molecular weight is 438 g/mol. The third kappa shape index (κ3) is 6.80. The molecule has 0 aromatic heterocycles. The zero-order valence-electron chi connectivity index (χ0n) is 19.4. The molecule has 32 heavy (non-hydrogen) atoms. The van der Waals surface area contributed by atoms with Crippen molar-refractivity contribution in [3.63, 3.8) is 0 Å². The Labute approximate surface area is 191 Å². The summed E-state index contributed by atoms with van der Waals surface area (Å²) in [6.45, 7) is 4.66. The quantitative estimate of drug-likeness (QED) is 0.613. The molecule has 172 valence electrons. The number of hydrogen-bond donors (Lipinski definition) is 2. The highest BCUT2D eigenvalue weighted by Gasteiger charge is 2.25. The van der Waals surface area contributed by atoms with Gasteiger partial charge in [-0.3, -0.25) is 14.5 Å². The summed E-state index contributed by atoms with van der Waals surface area (Å²) in [6.07, 6.45) is 0.696. The van der Waals surface area contributed by atoms with E-state index >= 15 is 0 Å². The molecule has 1 aliphatic heterocycles. The van der Waals surface area contributed by atoms with Crippen LogP contribution in [0.2, 0.25) is 0 Å².